The number of epoxide rings is 1. The molecule has 3 aromatic rings. The molecule has 7 nitrogen and oxygen atoms in total. The highest BCUT2D eigenvalue weighted by molar-refractivity contribution is 5.86. The van der Waals surface area contributed by atoms with Crippen LogP contribution in [-0.4, -0.2) is 52.2 Å². The number of ether oxygens (including phenoxy) is 1. The van der Waals surface area contributed by atoms with Crippen LogP contribution in [0.15, 0.2) is 76.6 Å². The average Bonchev–Trinajstić information content (AvgIpc) is 3.62. The van der Waals surface area contributed by atoms with Gasteiger partial charge >= 0.3 is 0 Å². The van der Waals surface area contributed by atoms with Crippen molar-refractivity contribution in [3.8, 4) is 0 Å². The molecule has 1 saturated heterocycles. The highest BCUT2D eigenvalue weighted by Crippen LogP contribution is 2.69. The van der Waals surface area contributed by atoms with Crippen molar-refractivity contribution < 1.29 is 19.4 Å². The monoisotopic (exact) mass is 830 g/mol. The summed E-state index contributed by atoms with van der Waals surface area (Å²) < 4.78 is 12.6. The van der Waals surface area contributed by atoms with E-state index in [1.807, 2.05) is 12.5 Å². The minimum Gasteiger partial charge on any atom is -0.471 e. The zero-order valence-corrected chi connectivity index (χ0v) is 37.4. The van der Waals surface area contributed by atoms with E-state index >= 15 is 0 Å². The zero-order valence-electron chi connectivity index (χ0n) is 37.4. The van der Waals surface area contributed by atoms with Crippen molar-refractivity contribution in [3.05, 3.63) is 83.8 Å². The fourth-order valence-corrected chi connectivity index (χ4v) is 15.2. The van der Waals surface area contributed by atoms with E-state index in [-0.39, 0.29) is 23.2 Å². The van der Waals surface area contributed by atoms with E-state index in [0.29, 0.717) is 53.5 Å². The number of hydrogen-bond acceptors (Lipinski definition) is 5. The van der Waals surface area contributed by atoms with Crippen LogP contribution in [0.3, 0.4) is 0 Å². The van der Waals surface area contributed by atoms with Gasteiger partial charge in [-0.2, -0.15) is 0 Å². The Balaban J connectivity index is 0.769. The Bertz CT molecular complexity index is 2080. The number of aryl methyl sites for hydroxylation is 2. The summed E-state index contributed by atoms with van der Waals surface area (Å²) in [5.41, 5.74) is 12.5. The summed E-state index contributed by atoms with van der Waals surface area (Å²) in [7, 11) is 0. The van der Waals surface area contributed by atoms with Gasteiger partial charge in [-0.1, -0.05) is 61.5 Å². The van der Waals surface area contributed by atoms with Gasteiger partial charge in [0.2, 0.25) is 0 Å². The van der Waals surface area contributed by atoms with E-state index in [1.54, 1.807) is 0 Å². The predicted octanol–water partition coefficient (Wildman–Crippen LogP) is 10.9. The Morgan fingerprint density at radius 3 is 2.64 bits per heavy atom. The van der Waals surface area contributed by atoms with Gasteiger partial charge in [0.25, 0.3) is 0 Å². The van der Waals surface area contributed by atoms with Crippen molar-refractivity contribution in [3.63, 3.8) is 0 Å². The molecule has 10 rings (SSSR count). The van der Waals surface area contributed by atoms with Gasteiger partial charge in [0.15, 0.2) is 5.96 Å². The number of hydrogen-bond donors (Lipinski definition) is 4. The molecule has 1 aliphatic heterocycles. The molecular weight excluding hydrogens is 755 g/mol. The molecule has 5 saturated carbocycles. The van der Waals surface area contributed by atoms with Crippen LogP contribution in [-0.2, 0) is 17.6 Å². The topological polar surface area (TPSA) is 117 Å². The number of aliphatic hydroxyl groups excluding tert-OH is 1. The maximum atomic E-state index is 11.3. The maximum Gasteiger partial charge on any atom is 0.188 e. The second-order valence-electron chi connectivity index (χ2n) is 22.5. The number of furan rings is 1. The van der Waals surface area contributed by atoms with Crippen LogP contribution in [0.2, 0.25) is 0 Å². The largest absolute Gasteiger partial charge is 0.471 e. The van der Waals surface area contributed by atoms with E-state index in [1.165, 1.54) is 90.8 Å². The predicted molar refractivity (Wildman–Crippen MR) is 245 cm³/mol. The average molecular weight is 830 g/mol. The van der Waals surface area contributed by atoms with Crippen LogP contribution in [0.25, 0.3) is 10.8 Å². The van der Waals surface area contributed by atoms with Gasteiger partial charge < -0.3 is 30.4 Å². The van der Waals surface area contributed by atoms with Crippen molar-refractivity contribution in [2.45, 2.75) is 184 Å². The first kappa shape index (κ1) is 41.9. The van der Waals surface area contributed by atoms with E-state index in [2.05, 4.69) is 61.6 Å². The Hall–Kier alpha value is -3.13. The van der Waals surface area contributed by atoms with E-state index in [9.17, 15) is 10.2 Å². The number of aliphatic imine (C=N–C) groups is 1. The third-order valence-electron chi connectivity index (χ3n) is 18.6. The van der Waals surface area contributed by atoms with E-state index in [0.717, 1.165) is 83.1 Å². The van der Waals surface area contributed by atoms with Gasteiger partial charge in [-0.25, -0.2) is 0 Å². The summed E-state index contributed by atoms with van der Waals surface area (Å²) in [6, 6.07) is 15.7. The second-order valence-corrected chi connectivity index (χ2v) is 22.5. The van der Waals surface area contributed by atoms with Gasteiger partial charge in [-0.05, 0) is 187 Å². The number of fused-ring (bicyclic) bond motifs is 6. The Kier molecular flexibility index (Phi) is 11.3. The minimum absolute atomic E-state index is 0.00575. The number of benzene rings is 2. The summed E-state index contributed by atoms with van der Waals surface area (Å²) in [6.45, 7) is 10.8. The molecule has 0 radical (unpaired) electrons. The summed E-state index contributed by atoms with van der Waals surface area (Å²) in [6.07, 6.45) is 26.6. The van der Waals surface area contributed by atoms with Gasteiger partial charge in [0.1, 0.15) is 0 Å². The second kappa shape index (κ2) is 16.5. The van der Waals surface area contributed by atoms with Gasteiger partial charge in [-0.3, -0.25) is 4.99 Å². The molecule has 0 bridgehead atoms. The molecule has 61 heavy (non-hydrogen) atoms. The lowest BCUT2D eigenvalue weighted by Crippen LogP contribution is -2.51. The Labute approximate surface area is 365 Å². The number of allylic oxidation sites excluding steroid dienone is 1. The number of rotatable bonds is 10. The summed E-state index contributed by atoms with van der Waals surface area (Å²) in [5.74, 6) is 4.19. The van der Waals surface area contributed by atoms with E-state index in [4.69, 9.17) is 26.5 Å². The van der Waals surface area contributed by atoms with Gasteiger partial charge in [0, 0.05) is 41.1 Å². The summed E-state index contributed by atoms with van der Waals surface area (Å²) in [5, 5.41) is 27.8. The lowest BCUT2D eigenvalue weighted by atomic mass is 9.46. The SMILES string of the molecule is C=C1CC2(CCC(CCC3(O)CCCC(O)C3)C2)C2OC2(C)CCC2C1CC2(C)C1CCC(CN=C(N)NC2CCCc3ccc4cocc4c3C2CCc2ccccc2)C1. The van der Waals surface area contributed by atoms with Crippen LogP contribution < -0.4 is 11.1 Å². The molecular formula is C54H75N3O4. The molecule has 7 heteroatoms. The summed E-state index contributed by atoms with van der Waals surface area (Å²) in [4.78, 5) is 5.11. The molecule has 1 spiro atoms. The van der Waals surface area contributed by atoms with Crippen molar-refractivity contribution in [1.29, 1.82) is 0 Å². The van der Waals surface area contributed by atoms with Crippen LogP contribution in [0, 0.1) is 40.4 Å². The minimum atomic E-state index is -0.679. The third-order valence-corrected chi connectivity index (χ3v) is 18.6. The van der Waals surface area contributed by atoms with Crippen LogP contribution in [0.4, 0.5) is 0 Å². The number of nitrogens with two attached hydrogens (primary N) is 1. The molecule has 6 aliphatic carbocycles. The molecule has 330 valence electrons. The fourth-order valence-electron chi connectivity index (χ4n) is 15.2. The van der Waals surface area contributed by atoms with Crippen molar-refractivity contribution in [1.82, 2.24) is 5.32 Å². The molecule has 1 aromatic heterocycles. The first-order chi connectivity index (χ1) is 29.4. The molecule has 6 fully saturated rings. The van der Waals surface area contributed by atoms with Crippen molar-refractivity contribution in [2.24, 2.45) is 51.1 Å². The Morgan fingerprint density at radius 2 is 1.79 bits per heavy atom. The molecule has 7 aliphatic rings. The first-order valence-electron chi connectivity index (χ1n) is 24.8. The number of guanidine groups is 1. The van der Waals surface area contributed by atoms with Crippen LogP contribution >= 0.6 is 0 Å². The van der Waals surface area contributed by atoms with Gasteiger partial charge in [-0.15, -0.1) is 0 Å². The quantitative estimate of drug-likeness (QED) is 0.0532. The fraction of sp³-hybridized carbons (Fsp3) is 0.685. The van der Waals surface area contributed by atoms with E-state index < -0.39 is 5.60 Å². The molecule has 0 amide bonds. The van der Waals surface area contributed by atoms with Crippen molar-refractivity contribution in [2.75, 3.05) is 6.54 Å². The number of aliphatic hydroxyl groups is 2. The lowest BCUT2D eigenvalue weighted by molar-refractivity contribution is -0.0693. The highest BCUT2D eigenvalue weighted by Gasteiger charge is 2.67. The Morgan fingerprint density at radius 1 is 0.918 bits per heavy atom. The van der Waals surface area contributed by atoms with Crippen molar-refractivity contribution >= 4 is 16.7 Å². The molecule has 2 heterocycles. The maximum absolute atomic E-state index is 11.3. The van der Waals surface area contributed by atoms with Crippen LogP contribution in [0.1, 0.15) is 158 Å². The molecule has 5 N–H and O–H groups in total. The van der Waals surface area contributed by atoms with Gasteiger partial charge in [0.05, 0.1) is 35.9 Å². The first-order valence-corrected chi connectivity index (χ1v) is 24.8. The third kappa shape index (κ3) is 8.16. The molecule has 2 aromatic carbocycles. The number of nitrogens with one attached hydrogen (secondary N) is 1. The molecule has 13 atom stereocenters. The van der Waals surface area contributed by atoms with Crippen LogP contribution in [0.5, 0.6) is 0 Å². The normalized spacial score (nSPS) is 41.2. The zero-order chi connectivity index (χ0) is 42.0. The standard InChI is InChI=1S/C54H75N3O4/c1-35-28-53(25-20-37(29-53)21-26-54(59)23-8-12-42(58)30-54)49-52(3,61-49)24-22-46-44(35)31-51(46,2)41-18-14-38(27-41)32-56-50(55)57-47-13-7-11-39-16-17-40-33-60-34-45(40)48(39)43(47)19-15-36-9-5-4-6-10-36/h4-6,9-10,16-17,33-34,37-38,41-44,46-47,49,58-59H,1,7-8,11-15,18-32H2,2-3H3,(H3,55,56,57). The summed E-state index contributed by atoms with van der Waals surface area (Å²) >= 11 is 0. The molecule has 13 unspecified atom stereocenters. The lowest BCUT2D eigenvalue weighted by Gasteiger charge is -2.58. The number of nitrogens with zero attached hydrogens (tertiary/aromatic N) is 1. The smallest absolute Gasteiger partial charge is 0.188 e. The highest BCUT2D eigenvalue weighted by atomic mass is 16.6.